The zero-order valence-corrected chi connectivity index (χ0v) is 15.4. The van der Waals surface area contributed by atoms with Gasteiger partial charge in [-0.05, 0) is 44.7 Å². The number of nitrogens with zero attached hydrogens (tertiary/aromatic N) is 5. The van der Waals surface area contributed by atoms with Crippen LogP contribution in [0.3, 0.4) is 0 Å². The Kier molecular flexibility index (Phi) is 4.11. The molecule has 1 aliphatic rings. The number of carbonyl (C=O) groups excluding carboxylic acids is 1. The van der Waals surface area contributed by atoms with Crippen LogP contribution in [0.5, 0.6) is 0 Å². The molecule has 0 saturated heterocycles. The Hall–Kier alpha value is -2.89. The third-order valence-electron chi connectivity index (χ3n) is 5.01. The molecule has 0 unspecified atom stereocenters. The van der Waals surface area contributed by atoms with E-state index in [0.29, 0.717) is 11.5 Å². The molecule has 0 saturated carbocycles. The van der Waals surface area contributed by atoms with Gasteiger partial charge in [0.15, 0.2) is 11.5 Å². The van der Waals surface area contributed by atoms with Crippen molar-refractivity contribution in [2.75, 3.05) is 11.9 Å². The van der Waals surface area contributed by atoms with Gasteiger partial charge < -0.3 is 0 Å². The number of anilines is 1. The fourth-order valence-corrected chi connectivity index (χ4v) is 3.51. The Labute approximate surface area is 153 Å². The first-order valence-corrected chi connectivity index (χ1v) is 9.00. The largest absolute Gasteiger partial charge is 0.293 e. The second-order valence-electron chi connectivity index (χ2n) is 6.94. The van der Waals surface area contributed by atoms with E-state index in [1.807, 2.05) is 24.0 Å². The summed E-state index contributed by atoms with van der Waals surface area (Å²) in [6.07, 6.45) is 5.92. The first-order chi connectivity index (χ1) is 12.5. The highest BCUT2D eigenvalue weighted by Crippen LogP contribution is 2.28. The van der Waals surface area contributed by atoms with Crippen LogP contribution < -0.4 is 4.90 Å². The summed E-state index contributed by atoms with van der Waals surface area (Å²) in [5, 5.41) is 9.07. The molecule has 4 rings (SSSR count). The van der Waals surface area contributed by atoms with Crippen LogP contribution >= 0.6 is 0 Å². The summed E-state index contributed by atoms with van der Waals surface area (Å²) < 4.78 is 3.65. The number of aromatic nitrogens is 4. The molecule has 0 N–H and O–H groups in total. The normalized spacial score (nSPS) is 13.5. The van der Waals surface area contributed by atoms with Crippen molar-refractivity contribution in [2.24, 2.45) is 7.05 Å². The minimum Gasteiger partial charge on any atom is -0.293 e. The van der Waals surface area contributed by atoms with Gasteiger partial charge >= 0.3 is 0 Å². The summed E-state index contributed by atoms with van der Waals surface area (Å²) in [6, 6.07) is 10.1. The number of rotatable bonds is 3. The van der Waals surface area contributed by atoms with Gasteiger partial charge in [0, 0.05) is 37.6 Å². The highest BCUT2D eigenvalue weighted by atomic mass is 16.2. The van der Waals surface area contributed by atoms with E-state index in [1.165, 1.54) is 5.56 Å². The van der Waals surface area contributed by atoms with Crippen molar-refractivity contribution in [3.8, 4) is 5.69 Å². The van der Waals surface area contributed by atoms with Gasteiger partial charge in [0.25, 0.3) is 5.91 Å². The predicted molar refractivity (Wildman–Crippen MR) is 101 cm³/mol. The molecule has 26 heavy (non-hydrogen) atoms. The van der Waals surface area contributed by atoms with Crippen molar-refractivity contribution < 1.29 is 4.79 Å². The Morgan fingerprint density at radius 2 is 1.81 bits per heavy atom. The number of hydrogen-bond acceptors (Lipinski definition) is 3. The minimum absolute atomic E-state index is 0.104. The van der Waals surface area contributed by atoms with Crippen LogP contribution in [0, 0.1) is 6.92 Å². The number of hydrogen-bond donors (Lipinski definition) is 0. The SMILES string of the molecule is Cc1ccc(-n2nc(C(=O)N(C)c3ccn(C)n3)c3c2CCCC3)cc1. The Balaban J connectivity index is 1.76. The lowest BCUT2D eigenvalue weighted by molar-refractivity contribution is 0.0986. The van der Waals surface area contributed by atoms with Crippen LogP contribution in [0.1, 0.15) is 40.2 Å². The molecular formula is C20H23N5O. The van der Waals surface area contributed by atoms with E-state index in [-0.39, 0.29) is 5.91 Å². The van der Waals surface area contributed by atoms with Gasteiger partial charge in [0.1, 0.15) is 0 Å². The molecule has 2 aromatic heterocycles. The molecule has 2 heterocycles. The number of carbonyl (C=O) groups is 1. The van der Waals surface area contributed by atoms with Crippen molar-refractivity contribution in [1.29, 1.82) is 0 Å². The van der Waals surface area contributed by atoms with Crippen molar-refractivity contribution in [3.63, 3.8) is 0 Å². The molecule has 0 radical (unpaired) electrons. The average Bonchev–Trinajstić information content (AvgIpc) is 3.25. The lowest BCUT2D eigenvalue weighted by atomic mass is 9.95. The van der Waals surface area contributed by atoms with E-state index in [9.17, 15) is 4.79 Å². The summed E-state index contributed by atoms with van der Waals surface area (Å²) in [5.74, 6) is 0.527. The number of aryl methyl sites for hydroxylation is 2. The average molecular weight is 349 g/mol. The fraction of sp³-hybridized carbons (Fsp3) is 0.350. The fourth-order valence-electron chi connectivity index (χ4n) is 3.51. The molecule has 0 spiro atoms. The lowest BCUT2D eigenvalue weighted by Gasteiger charge is -2.16. The summed E-state index contributed by atoms with van der Waals surface area (Å²) >= 11 is 0. The van der Waals surface area contributed by atoms with Gasteiger partial charge in [-0.25, -0.2) is 4.68 Å². The maximum absolute atomic E-state index is 13.1. The number of amides is 1. The van der Waals surface area contributed by atoms with E-state index in [4.69, 9.17) is 5.10 Å². The second kappa shape index (κ2) is 6.44. The second-order valence-corrected chi connectivity index (χ2v) is 6.94. The minimum atomic E-state index is -0.104. The molecule has 1 aromatic carbocycles. The standard InChI is InChI=1S/C20H23N5O/c1-14-8-10-15(11-9-14)25-17-7-5-4-6-16(17)19(22-25)20(26)24(3)18-12-13-23(2)21-18/h8-13H,4-7H2,1-3H3. The van der Waals surface area contributed by atoms with E-state index >= 15 is 0 Å². The summed E-state index contributed by atoms with van der Waals surface area (Å²) in [7, 11) is 3.60. The third kappa shape index (κ3) is 2.81. The highest BCUT2D eigenvalue weighted by molar-refractivity contribution is 6.05. The number of fused-ring (bicyclic) bond motifs is 1. The van der Waals surface area contributed by atoms with Crippen molar-refractivity contribution >= 4 is 11.7 Å². The molecular weight excluding hydrogens is 326 g/mol. The zero-order valence-electron chi connectivity index (χ0n) is 15.4. The van der Waals surface area contributed by atoms with E-state index in [2.05, 4.69) is 36.3 Å². The molecule has 1 aliphatic carbocycles. The van der Waals surface area contributed by atoms with Crippen LogP contribution in [0.2, 0.25) is 0 Å². The molecule has 0 atom stereocenters. The van der Waals surface area contributed by atoms with E-state index < -0.39 is 0 Å². The zero-order chi connectivity index (χ0) is 18.3. The van der Waals surface area contributed by atoms with Gasteiger partial charge in [-0.15, -0.1) is 0 Å². The number of benzene rings is 1. The monoisotopic (exact) mass is 349 g/mol. The third-order valence-corrected chi connectivity index (χ3v) is 5.01. The summed E-state index contributed by atoms with van der Waals surface area (Å²) in [5.41, 5.74) is 5.02. The molecule has 3 aromatic rings. The van der Waals surface area contributed by atoms with Crippen LogP contribution in [0.15, 0.2) is 36.5 Å². The molecule has 6 nitrogen and oxygen atoms in total. The van der Waals surface area contributed by atoms with Gasteiger partial charge in [0.05, 0.1) is 5.69 Å². The molecule has 0 aliphatic heterocycles. The Morgan fingerprint density at radius 1 is 1.08 bits per heavy atom. The smallest absolute Gasteiger partial charge is 0.280 e. The Bertz CT molecular complexity index is 951. The highest BCUT2D eigenvalue weighted by Gasteiger charge is 2.28. The topological polar surface area (TPSA) is 56.0 Å². The molecule has 0 bridgehead atoms. The van der Waals surface area contributed by atoms with Crippen molar-refractivity contribution in [1.82, 2.24) is 19.6 Å². The molecule has 0 fully saturated rings. The van der Waals surface area contributed by atoms with E-state index in [1.54, 1.807) is 16.6 Å². The van der Waals surface area contributed by atoms with Crippen LogP contribution in [-0.4, -0.2) is 32.5 Å². The Morgan fingerprint density at radius 3 is 2.50 bits per heavy atom. The van der Waals surface area contributed by atoms with Gasteiger partial charge in [-0.3, -0.25) is 14.4 Å². The maximum atomic E-state index is 13.1. The first-order valence-electron chi connectivity index (χ1n) is 9.00. The molecule has 6 heteroatoms. The van der Waals surface area contributed by atoms with Crippen molar-refractivity contribution in [3.05, 3.63) is 59.0 Å². The first kappa shape index (κ1) is 16.6. The maximum Gasteiger partial charge on any atom is 0.280 e. The van der Waals surface area contributed by atoms with Gasteiger partial charge in [0.2, 0.25) is 0 Å². The lowest BCUT2D eigenvalue weighted by Crippen LogP contribution is -2.28. The summed E-state index contributed by atoms with van der Waals surface area (Å²) in [4.78, 5) is 14.7. The van der Waals surface area contributed by atoms with Gasteiger partial charge in [-0.1, -0.05) is 17.7 Å². The van der Waals surface area contributed by atoms with Crippen LogP contribution in [-0.2, 0) is 19.9 Å². The van der Waals surface area contributed by atoms with Crippen LogP contribution in [0.25, 0.3) is 5.69 Å². The summed E-state index contributed by atoms with van der Waals surface area (Å²) in [6.45, 7) is 2.07. The van der Waals surface area contributed by atoms with Gasteiger partial charge in [-0.2, -0.15) is 10.2 Å². The van der Waals surface area contributed by atoms with E-state index in [0.717, 1.165) is 42.6 Å². The molecule has 1 amide bonds. The van der Waals surface area contributed by atoms with Crippen LogP contribution in [0.4, 0.5) is 5.82 Å². The quantitative estimate of drug-likeness (QED) is 0.730. The molecule has 134 valence electrons. The predicted octanol–water partition coefficient (Wildman–Crippen LogP) is 3.07. The van der Waals surface area contributed by atoms with Crippen molar-refractivity contribution in [2.45, 2.75) is 32.6 Å².